The second kappa shape index (κ2) is 6.88. The lowest BCUT2D eigenvalue weighted by molar-refractivity contribution is -0.385. The summed E-state index contributed by atoms with van der Waals surface area (Å²) in [6, 6.07) is 4.57. The molecule has 13 heteroatoms. The zero-order valence-electron chi connectivity index (χ0n) is 13.6. The van der Waals surface area contributed by atoms with Crippen LogP contribution in [0.15, 0.2) is 33.6 Å². The number of non-ortho nitro benzene ring substituents is 1. The Balaban J connectivity index is 1.84. The number of sulfonamides is 1. The third-order valence-corrected chi connectivity index (χ3v) is 5.94. The van der Waals surface area contributed by atoms with Crippen molar-refractivity contribution in [2.45, 2.75) is 29.8 Å². The summed E-state index contributed by atoms with van der Waals surface area (Å²) < 4.78 is 69.0. The first-order valence-corrected chi connectivity index (χ1v) is 9.18. The highest BCUT2D eigenvalue weighted by Crippen LogP contribution is 2.33. The fourth-order valence-corrected chi connectivity index (χ4v) is 4.35. The predicted molar refractivity (Wildman–Crippen MR) is 83.1 cm³/mol. The van der Waals surface area contributed by atoms with Crippen LogP contribution >= 0.6 is 0 Å². The van der Waals surface area contributed by atoms with Crippen molar-refractivity contribution in [2.75, 3.05) is 13.1 Å². The van der Waals surface area contributed by atoms with Crippen LogP contribution in [-0.2, 0) is 16.2 Å². The average Bonchev–Trinajstić information content (AvgIpc) is 3.12. The average molecular weight is 406 g/mol. The van der Waals surface area contributed by atoms with Crippen LogP contribution < -0.4 is 0 Å². The van der Waals surface area contributed by atoms with Crippen molar-refractivity contribution in [1.82, 2.24) is 14.5 Å². The van der Waals surface area contributed by atoms with Gasteiger partial charge in [0.1, 0.15) is 0 Å². The van der Waals surface area contributed by atoms with E-state index in [0.717, 1.165) is 16.4 Å². The van der Waals surface area contributed by atoms with Crippen molar-refractivity contribution in [2.24, 2.45) is 0 Å². The van der Waals surface area contributed by atoms with Gasteiger partial charge >= 0.3 is 12.1 Å². The molecule has 1 aliphatic rings. The normalized spacial score (nSPS) is 19.1. The van der Waals surface area contributed by atoms with Crippen LogP contribution in [-0.4, -0.2) is 40.9 Å². The van der Waals surface area contributed by atoms with Crippen LogP contribution in [0.4, 0.5) is 18.9 Å². The molecule has 27 heavy (non-hydrogen) atoms. The lowest BCUT2D eigenvalue weighted by Gasteiger charge is -2.30. The Morgan fingerprint density at radius 1 is 1.30 bits per heavy atom. The molecule has 9 nitrogen and oxygen atoms in total. The smallest absolute Gasteiger partial charge is 0.417 e. The summed E-state index contributed by atoms with van der Waals surface area (Å²) >= 11 is 0. The van der Waals surface area contributed by atoms with E-state index in [1.165, 1.54) is 12.1 Å². The van der Waals surface area contributed by atoms with Crippen LogP contribution in [0, 0.1) is 10.1 Å². The number of hydrogen-bond donors (Lipinski definition) is 0. The molecule has 0 bridgehead atoms. The van der Waals surface area contributed by atoms with Crippen molar-refractivity contribution in [3.63, 3.8) is 0 Å². The lowest BCUT2D eigenvalue weighted by atomic mass is 10.00. The summed E-state index contributed by atoms with van der Waals surface area (Å²) in [7, 11) is -4.06. The molecule has 1 saturated heterocycles. The first-order chi connectivity index (χ1) is 12.6. The molecule has 0 N–H and O–H groups in total. The Morgan fingerprint density at radius 3 is 2.67 bits per heavy atom. The SMILES string of the molecule is O=[N+]([O-])c1cccc(S(=O)(=O)N2CCCC(c3nnc(C(F)(F)F)o3)C2)c1. The summed E-state index contributed by atoms with van der Waals surface area (Å²) in [5, 5.41) is 17.2. The van der Waals surface area contributed by atoms with Crippen LogP contribution in [0.2, 0.25) is 0 Å². The fourth-order valence-electron chi connectivity index (χ4n) is 2.78. The summed E-state index contributed by atoms with van der Waals surface area (Å²) in [6.45, 7) is -0.0354. The molecule has 1 fully saturated rings. The summed E-state index contributed by atoms with van der Waals surface area (Å²) in [5.41, 5.74) is -0.378. The van der Waals surface area contributed by atoms with E-state index in [4.69, 9.17) is 0 Å². The molecule has 0 radical (unpaired) electrons. The van der Waals surface area contributed by atoms with Gasteiger partial charge < -0.3 is 4.42 Å². The van der Waals surface area contributed by atoms with Crippen LogP contribution in [0.1, 0.15) is 30.5 Å². The number of nitrogens with zero attached hydrogens (tertiary/aromatic N) is 4. The molecule has 1 atom stereocenters. The molecule has 2 aromatic rings. The van der Waals surface area contributed by atoms with Crippen molar-refractivity contribution in [3.8, 4) is 0 Å². The molecule has 1 aromatic heterocycles. The maximum absolute atomic E-state index is 12.8. The highest BCUT2D eigenvalue weighted by molar-refractivity contribution is 7.89. The Morgan fingerprint density at radius 2 is 2.04 bits per heavy atom. The first-order valence-electron chi connectivity index (χ1n) is 7.74. The zero-order chi connectivity index (χ0) is 19.8. The third kappa shape index (κ3) is 3.93. The molecule has 2 heterocycles. The van der Waals surface area contributed by atoms with E-state index in [1.807, 2.05) is 0 Å². The summed E-state index contributed by atoms with van der Waals surface area (Å²) in [5.74, 6) is -2.48. The Labute approximate surface area is 151 Å². The van der Waals surface area contributed by atoms with E-state index in [2.05, 4.69) is 14.6 Å². The molecule has 1 aliphatic heterocycles. The van der Waals surface area contributed by atoms with Gasteiger partial charge in [-0.25, -0.2) is 8.42 Å². The highest BCUT2D eigenvalue weighted by Gasteiger charge is 2.40. The second-order valence-electron chi connectivity index (χ2n) is 5.90. The van der Waals surface area contributed by atoms with Crippen molar-refractivity contribution < 1.29 is 30.9 Å². The molecular weight excluding hydrogens is 393 g/mol. The minimum absolute atomic E-state index is 0.127. The van der Waals surface area contributed by atoms with Gasteiger partial charge in [-0.05, 0) is 18.9 Å². The van der Waals surface area contributed by atoms with Gasteiger partial charge in [0.25, 0.3) is 5.69 Å². The number of hydrogen-bond acceptors (Lipinski definition) is 7. The highest BCUT2D eigenvalue weighted by atomic mass is 32.2. The third-order valence-electron chi connectivity index (χ3n) is 4.08. The first kappa shape index (κ1) is 19.2. The number of benzene rings is 1. The minimum Gasteiger partial charge on any atom is -0.417 e. The molecular formula is C14H13F3N4O5S. The number of nitro groups is 1. The molecule has 0 saturated carbocycles. The largest absolute Gasteiger partial charge is 0.470 e. The van der Waals surface area contributed by atoms with E-state index in [9.17, 15) is 31.7 Å². The van der Waals surface area contributed by atoms with Crippen molar-refractivity contribution in [1.29, 1.82) is 0 Å². The lowest BCUT2D eigenvalue weighted by Crippen LogP contribution is -2.39. The van der Waals surface area contributed by atoms with Crippen LogP contribution in [0.3, 0.4) is 0 Å². The number of alkyl halides is 3. The van der Waals surface area contributed by atoms with Gasteiger partial charge in [0.05, 0.1) is 15.7 Å². The Bertz CT molecular complexity index is 960. The number of aromatic nitrogens is 2. The topological polar surface area (TPSA) is 119 Å². The van der Waals surface area contributed by atoms with E-state index in [0.29, 0.717) is 12.8 Å². The Hall–Kier alpha value is -2.54. The number of halogens is 3. The maximum Gasteiger partial charge on any atom is 0.470 e. The molecule has 0 amide bonds. The van der Waals surface area contributed by atoms with Crippen LogP contribution in [0.25, 0.3) is 0 Å². The van der Waals surface area contributed by atoms with Gasteiger partial charge in [-0.2, -0.15) is 17.5 Å². The predicted octanol–water partition coefficient (Wildman–Crippen LogP) is 2.56. The monoisotopic (exact) mass is 406 g/mol. The van der Waals surface area contributed by atoms with E-state index < -0.39 is 32.9 Å². The van der Waals surface area contributed by atoms with Crippen molar-refractivity contribution in [3.05, 3.63) is 46.2 Å². The molecule has 1 aromatic carbocycles. The minimum atomic E-state index is -4.78. The van der Waals surface area contributed by atoms with E-state index >= 15 is 0 Å². The summed E-state index contributed by atoms with van der Waals surface area (Å²) in [4.78, 5) is 9.88. The number of piperidine rings is 1. The fraction of sp³-hybridized carbons (Fsp3) is 0.429. The van der Waals surface area contributed by atoms with E-state index in [-0.39, 0.29) is 29.6 Å². The summed E-state index contributed by atoms with van der Waals surface area (Å²) in [6.07, 6.45) is -4.04. The maximum atomic E-state index is 12.8. The van der Waals surface area contributed by atoms with Gasteiger partial charge in [-0.15, -0.1) is 10.2 Å². The number of nitro benzene ring substituents is 1. The van der Waals surface area contributed by atoms with Gasteiger partial charge in [-0.3, -0.25) is 10.1 Å². The molecule has 0 spiro atoms. The quantitative estimate of drug-likeness (QED) is 0.565. The second-order valence-corrected chi connectivity index (χ2v) is 7.84. The van der Waals surface area contributed by atoms with E-state index in [1.54, 1.807) is 0 Å². The van der Waals surface area contributed by atoms with Gasteiger partial charge in [0, 0.05) is 25.2 Å². The molecule has 3 rings (SSSR count). The van der Waals surface area contributed by atoms with Crippen molar-refractivity contribution >= 4 is 15.7 Å². The van der Waals surface area contributed by atoms with Crippen LogP contribution in [0.5, 0.6) is 0 Å². The van der Waals surface area contributed by atoms with Gasteiger partial charge in [-0.1, -0.05) is 6.07 Å². The van der Waals surface area contributed by atoms with Gasteiger partial charge in [0.2, 0.25) is 15.9 Å². The standard InChI is InChI=1S/C14H13F3N4O5S/c15-14(16,17)13-19-18-12(26-13)9-3-2-6-20(8-9)27(24,25)11-5-1-4-10(7-11)21(22)23/h1,4-5,7,9H,2-3,6,8H2. The molecule has 146 valence electrons. The molecule has 0 aliphatic carbocycles. The molecule has 1 unspecified atom stereocenters. The van der Waals surface area contributed by atoms with Gasteiger partial charge in [0.15, 0.2) is 0 Å². The Kier molecular flexibility index (Phi) is 4.90. The zero-order valence-corrected chi connectivity index (χ0v) is 14.4. The number of rotatable bonds is 4.